The lowest BCUT2D eigenvalue weighted by molar-refractivity contribution is 0.724. The summed E-state index contributed by atoms with van der Waals surface area (Å²) in [7, 11) is 4.18. The molecule has 88 valence electrons. The summed E-state index contributed by atoms with van der Waals surface area (Å²) in [4.78, 5) is 2.16. The molecule has 2 rings (SSSR count). The molecule has 3 heteroatoms. The predicted molar refractivity (Wildman–Crippen MR) is 74.7 cm³/mol. The first-order valence-electron chi connectivity index (χ1n) is 5.83. The highest BCUT2D eigenvalue weighted by atomic mass is 32.2. The number of hydrogen-bond donors (Lipinski definition) is 1. The van der Waals surface area contributed by atoms with Crippen LogP contribution in [0.25, 0.3) is 0 Å². The van der Waals surface area contributed by atoms with Gasteiger partial charge >= 0.3 is 0 Å². The molecule has 1 fully saturated rings. The first-order valence-corrected chi connectivity index (χ1v) is 6.88. The molecule has 0 saturated carbocycles. The average Bonchev–Trinajstić information content (AvgIpc) is 2.65. The van der Waals surface area contributed by atoms with Crippen LogP contribution < -0.4 is 10.2 Å². The van der Waals surface area contributed by atoms with E-state index in [1.165, 1.54) is 23.5 Å². The van der Waals surface area contributed by atoms with Gasteiger partial charge in [-0.05, 0) is 24.3 Å². The maximum Gasteiger partial charge on any atom is 0.0596 e. The van der Waals surface area contributed by atoms with Gasteiger partial charge in [-0.2, -0.15) is 11.8 Å². The molecule has 0 spiro atoms. The van der Waals surface area contributed by atoms with E-state index in [1.54, 1.807) is 0 Å². The Kier molecular flexibility index (Phi) is 3.64. The Morgan fingerprint density at radius 1 is 1.31 bits per heavy atom. The number of hydrogen-bond acceptors (Lipinski definition) is 3. The molecule has 1 aromatic carbocycles. The van der Waals surface area contributed by atoms with Gasteiger partial charge in [0.1, 0.15) is 0 Å². The lowest BCUT2D eigenvalue weighted by Crippen LogP contribution is -2.26. The van der Waals surface area contributed by atoms with E-state index in [0.29, 0.717) is 6.04 Å². The number of rotatable bonds is 3. The minimum atomic E-state index is 0.617. The third-order valence-electron chi connectivity index (χ3n) is 3.10. The Labute approximate surface area is 102 Å². The van der Waals surface area contributed by atoms with E-state index in [4.69, 9.17) is 0 Å². The van der Waals surface area contributed by atoms with Gasteiger partial charge in [-0.15, -0.1) is 0 Å². The van der Waals surface area contributed by atoms with Crippen LogP contribution in [0, 0.1) is 0 Å². The molecule has 1 heterocycles. The van der Waals surface area contributed by atoms with Gasteiger partial charge in [-0.25, -0.2) is 0 Å². The quantitative estimate of drug-likeness (QED) is 0.868. The molecule has 1 aliphatic heterocycles. The number of thioether (sulfide) groups is 1. The number of nitrogens with zero attached hydrogens (tertiary/aromatic N) is 1. The molecule has 1 saturated heterocycles. The summed E-state index contributed by atoms with van der Waals surface area (Å²) in [5, 5.41) is 4.40. The van der Waals surface area contributed by atoms with Crippen molar-refractivity contribution in [3.63, 3.8) is 0 Å². The molecule has 0 bridgehead atoms. The van der Waals surface area contributed by atoms with Gasteiger partial charge in [0, 0.05) is 25.4 Å². The van der Waals surface area contributed by atoms with Crippen LogP contribution in [0.4, 0.5) is 11.4 Å². The van der Waals surface area contributed by atoms with E-state index in [-0.39, 0.29) is 0 Å². The second kappa shape index (κ2) is 5.00. The first kappa shape index (κ1) is 11.6. The number of nitrogens with one attached hydrogen (secondary N) is 1. The summed E-state index contributed by atoms with van der Waals surface area (Å²) in [6, 6.07) is 9.14. The highest BCUT2D eigenvalue weighted by Crippen LogP contribution is 2.31. The van der Waals surface area contributed by atoms with Crippen LogP contribution in [-0.4, -0.2) is 31.1 Å². The van der Waals surface area contributed by atoms with Crippen molar-refractivity contribution in [1.82, 2.24) is 0 Å². The molecule has 0 aliphatic carbocycles. The summed E-state index contributed by atoms with van der Waals surface area (Å²) in [6.07, 6.45) is 1.27. The smallest absolute Gasteiger partial charge is 0.0596 e. The molecule has 16 heavy (non-hydrogen) atoms. The van der Waals surface area contributed by atoms with Crippen LogP contribution in [0.5, 0.6) is 0 Å². The molecule has 0 radical (unpaired) electrons. The lowest BCUT2D eigenvalue weighted by atomic mass is 10.1. The number of para-hydroxylation sites is 2. The van der Waals surface area contributed by atoms with E-state index in [0.717, 1.165) is 5.25 Å². The SMILES string of the molecule is CC1SCCC1Nc1ccccc1N(C)C. The summed E-state index contributed by atoms with van der Waals surface area (Å²) in [5.41, 5.74) is 2.53. The fourth-order valence-corrected chi connectivity index (χ4v) is 3.30. The fourth-order valence-electron chi connectivity index (χ4n) is 2.11. The van der Waals surface area contributed by atoms with Crippen molar-refractivity contribution in [3.05, 3.63) is 24.3 Å². The maximum atomic E-state index is 3.68. The van der Waals surface area contributed by atoms with Gasteiger partial charge in [-0.1, -0.05) is 19.1 Å². The number of anilines is 2. The van der Waals surface area contributed by atoms with Crippen molar-refractivity contribution >= 4 is 23.1 Å². The molecule has 2 nitrogen and oxygen atoms in total. The van der Waals surface area contributed by atoms with E-state index < -0.39 is 0 Å². The fraction of sp³-hybridized carbons (Fsp3) is 0.538. The normalized spacial score (nSPS) is 24.4. The van der Waals surface area contributed by atoms with Gasteiger partial charge in [-0.3, -0.25) is 0 Å². The minimum absolute atomic E-state index is 0.617. The zero-order valence-corrected chi connectivity index (χ0v) is 11.1. The molecule has 1 N–H and O–H groups in total. The highest BCUT2D eigenvalue weighted by molar-refractivity contribution is 8.00. The third kappa shape index (κ3) is 2.46. The molecule has 2 atom stereocenters. The predicted octanol–water partition coefficient (Wildman–Crippen LogP) is 3.06. The Hall–Kier alpha value is -0.830. The monoisotopic (exact) mass is 236 g/mol. The molecular formula is C13H20N2S. The molecular weight excluding hydrogens is 216 g/mol. The van der Waals surface area contributed by atoms with Crippen molar-refractivity contribution < 1.29 is 0 Å². The van der Waals surface area contributed by atoms with Gasteiger partial charge < -0.3 is 10.2 Å². The molecule has 2 unspecified atom stereocenters. The van der Waals surface area contributed by atoms with Crippen molar-refractivity contribution in [3.8, 4) is 0 Å². The topological polar surface area (TPSA) is 15.3 Å². The first-order chi connectivity index (χ1) is 7.68. The van der Waals surface area contributed by atoms with Crippen molar-refractivity contribution in [2.24, 2.45) is 0 Å². The summed E-state index contributed by atoms with van der Waals surface area (Å²) in [5.74, 6) is 1.28. The van der Waals surface area contributed by atoms with Crippen molar-refractivity contribution in [2.75, 3.05) is 30.1 Å². The number of benzene rings is 1. The largest absolute Gasteiger partial charge is 0.380 e. The third-order valence-corrected chi connectivity index (χ3v) is 4.43. The zero-order chi connectivity index (χ0) is 11.5. The van der Waals surface area contributed by atoms with Gasteiger partial charge in [0.05, 0.1) is 11.4 Å². The van der Waals surface area contributed by atoms with Crippen molar-refractivity contribution in [2.45, 2.75) is 24.6 Å². The molecule has 0 aromatic heterocycles. The molecule has 1 aliphatic rings. The van der Waals surface area contributed by atoms with Crippen molar-refractivity contribution in [1.29, 1.82) is 0 Å². The van der Waals surface area contributed by atoms with Gasteiger partial charge in [0.2, 0.25) is 0 Å². The summed E-state index contributed by atoms with van der Waals surface area (Å²) < 4.78 is 0. The van der Waals surface area contributed by atoms with Crippen LogP contribution in [0.1, 0.15) is 13.3 Å². The Balaban J connectivity index is 2.14. The Bertz CT molecular complexity index is 352. The van der Waals surface area contributed by atoms with E-state index in [9.17, 15) is 0 Å². The Morgan fingerprint density at radius 3 is 2.69 bits per heavy atom. The van der Waals surface area contributed by atoms with E-state index in [2.05, 4.69) is 67.3 Å². The van der Waals surface area contributed by atoms with Gasteiger partial charge in [0.25, 0.3) is 0 Å². The van der Waals surface area contributed by atoms with E-state index >= 15 is 0 Å². The molecule has 1 aromatic rings. The minimum Gasteiger partial charge on any atom is -0.380 e. The lowest BCUT2D eigenvalue weighted by Gasteiger charge is -2.23. The summed E-state index contributed by atoms with van der Waals surface area (Å²) >= 11 is 2.06. The van der Waals surface area contributed by atoms with Crippen LogP contribution in [0.3, 0.4) is 0 Å². The summed E-state index contributed by atoms with van der Waals surface area (Å²) in [6.45, 7) is 2.31. The second-order valence-electron chi connectivity index (χ2n) is 4.53. The highest BCUT2D eigenvalue weighted by Gasteiger charge is 2.24. The standard InChI is InChI=1S/C13H20N2S/c1-10-11(8-9-16-10)14-12-6-4-5-7-13(12)15(2)3/h4-7,10-11,14H,8-9H2,1-3H3. The van der Waals surface area contributed by atoms with Crippen LogP contribution in [-0.2, 0) is 0 Å². The second-order valence-corrected chi connectivity index (χ2v) is 6.01. The van der Waals surface area contributed by atoms with Gasteiger partial charge in [0.15, 0.2) is 0 Å². The zero-order valence-electron chi connectivity index (χ0n) is 10.2. The van der Waals surface area contributed by atoms with E-state index in [1.807, 2.05) is 0 Å². The molecule has 0 amide bonds. The Morgan fingerprint density at radius 2 is 2.06 bits per heavy atom. The van der Waals surface area contributed by atoms with Crippen LogP contribution in [0.2, 0.25) is 0 Å². The maximum absolute atomic E-state index is 3.68. The van der Waals surface area contributed by atoms with Crippen LogP contribution >= 0.6 is 11.8 Å². The average molecular weight is 236 g/mol. The van der Waals surface area contributed by atoms with Crippen LogP contribution in [0.15, 0.2) is 24.3 Å².